The molecule has 8 heteroatoms. The number of nitrogens with one attached hydrogen (secondary N) is 1. The van der Waals surface area contributed by atoms with Crippen LogP contribution in [0.5, 0.6) is 5.75 Å². The molecule has 0 spiro atoms. The third-order valence-electron chi connectivity index (χ3n) is 2.61. The van der Waals surface area contributed by atoms with Gasteiger partial charge in [0.05, 0.1) is 19.3 Å². The Morgan fingerprint density at radius 1 is 1.38 bits per heavy atom. The maximum absolute atomic E-state index is 12.7. The van der Waals surface area contributed by atoms with Crippen LogP contribution in [0.1, 0.15) is 6.92 Å². The van der Waals surface area contributed by atoms with Gasteiger partial charge in [0.15, 0.2) is 6.29 Å². The van der Waals surface area contributed by atoms with Crippen molar-refractivity contribution in [1.82, 2.24) is 5.09 Å². The molecular weight excluding hydrogens is 297 g/mol. The largest absolute Gasteiger partial charge is 0.459 e. The first-order chi connectivity index (χ1) is 10.1. The van der Waals surface area contributed by atoms with Gasteiger partial charge in [0, 0.05) is 0 Å². The van der Waals surface area contributed by atoms with Crippen molar-refractivity contribution in [2.45, 2.75) is 19.3 Å². The Kier molecular flexibility index (Phi) is 5.90. The third-order valence-corrected chi connectivity index (χ3v) is 4.27. The van der Waals surface area contributed by atoms with Gasteiger partial charge in [-0.25, -0.2) is 9.65 Å². The van der Waals surface area contributed by atoms with E-state index >= 15 is 0 Å². The molecule has 0 amide bonds. The molecule has 7 nitrogen and oxygen atoms in total. The number of carbonyl (C=O) groups excluding carboxylic acids is 1. The summed E-state index contributed by atoms with van der Waals surface area (Å²) in [6.07, 6.45) is 0.0402. The molecule has 1 aromatic carbocycles. The predicted octanol–water partition coefficient (Wildman–Crippen LogP) is 1.74. The molecule has 1 heterocycles. The van der Waals surface area contributed by atoms with Crippen LogP contribution < -0.4 is 9.61 Å². The number of benzene rings is 1. The summed E-state index contributed by atoms with van der Waals surface area (Å²) in [4.78, 5) is 10.8. The quantitative estimate of drug-likeness (QED) is 0.578. The van der Waals surface area contributed by atoms with E-state index in [4.69, 9.17) is 18.5 Å². The Bertz CT molecular complexity index is 491. The first kappa shape index (κ1) is 16.1. The first-order valence-electron chi connectivity index (χ1n) is 6.57. The van der Waals surface area contributed by atoms with E-state index in [1.165, 1.54) is 0 Å². The third kappa shape index (κ3) is 5.22. The minimum absolute atomic E-state index is 0.0529. The first-order valence-corrected chi connectivity index (χ1v) is 8.11. The average molecular weight is 315 g/mol. The zero-order chi connectivity index (χ0) is 15.1. The minimum Gasteiger partial charge on any atom is -0.413 e. The zero-order valence-electron chi connectivity index (χ0n) is 11.6. The zero-order valence-corrected chi connectivity index (χ0v) is 12.5. The number of rotatable bonds is 8. The molecule has 1 N–H and O–H groups in total. The molecule has 0 saturated carbocycles. The topological polar surface area (TPSA) is 83.1 Å². The van der Waals surface area contributed by atoms with Gasteiger partial charge >= 0.3 is 7.75 Å². The van der Waals surface area contributed by atoms with Crippen LogP contribution in [-0.2, 0) is 23.4 Å². The van der Waals surface area contributed by atoms with E-state index in [9.17, 15) is 9.36 Å². The number of ether oxygens (including phenoxy) is 2. The van der Waals surface area contributed by atoms with Crippen LogP contribution in [0.15, 0.2) is 30.3 Å². The van der Waals surface area contributed by atoms with Crippen molar-refractivity contribution in [2.24, 2.45) is 0 Å². The van der Waals surface area contributed by atoms with E-state index in [1.54, 1.807) is 37.3 Å². The fourth-order valence-electron chi connectivity index (χ4n) is 1.65. The number of aldehydes is 1. The van der Waals surface area contributed by atoms with Gasteiger partial charge in [-0.1, -0.05) is 18.2 Å². The van der Waals surface area contributed by atoms with Gasteiger partial charge in [-0.05, 0) is 19.1 Å². The van der Waals surface area contributed by atoms with Crippen LogP contribution >= 0.6 is 7.75 Å². The van der Waals surface area contributed by atoms with E-state index in [-0.39, 0.29) is 6.61 Å². The van der Waals surface area contributed by atoms with Gasteiger partial charge in [-0.3, -0.25) is 4.52 Å². The van der Waals surface area contributed by atoms with Crippen molar-refractivity contribution in [2.75, 3.05) is 19.8 Å². The van der Waals surface area contributed by atoms with E-state index in [1.807, 2.05) is 0 Å². The van der Waals surface area contributed by atoms with E-state index < -0.39 is 20.1 Å². The second-order valence-corrected chi connectivity index (χ2v) is 6.12. The molecular formula is C13H18NO6P. The van der Waals surface area contributed by atoms with Crippen LogP contribution in [0.2, 0.25) is 0 Å². The minimum atomic E-state index is -3.71. The molecule has 2 rings (SSSR count). The molecule has 1 aliphatic rings. The molecule has 21 heavy (non-hydrogen) atoms. The summed E-state index contributed by atoms with van der Waals surface area (Å²) < 4.78 is 33.8. The highest BCUT2D eigenvalue weighted by Crippen LogP contribution is 2.44. The smallest absolute Gasteiger partial charge is 0.413 e. The fourth-order valence-corrected chi connectivity index (χ4v) is 3.11. The van der Waals surface area contributed by atoms with Crippen LogP contribution in [0.3, 0.4) is 0 Å². The predicted molar refractivity (Wildman–Crippen MR) is 75.0 cm³/mol. The fraction of sp³-hybridized carbons (Fsp3) is 0.462. The van der Waals surface area contributed by atoms with E-state index in [0.717, 1.165) is 0 Å². The Hall–Kier alpha value is -1.24. The summed E-state index contributed by atoms with van der Waals surface area (Å²) in [5, 5.41) is 2.55. The lowest BCUT2D eigenvalue weighted by atomic mass is 10.3. The summed E-state index contributed by atoms with van der Waals surface area (Å²) in [7, 11) is -3.71. The molecule has 0 bridgehead atoms. The summed E-state index contributed by atoms with van der Waals surface area (Å²) >= 11 is 0. The maximum atomic E-state index is 12.7. The number of hydrogen-bond acceptors (Lipinski definition) is 6. The van der Waals surface area contributed by atoms with Crippen molar-refractivity contribution in [3.63, 3.8) is 0 Å². The van der Waals surface area contributed by atoms with Gasteiger partial charge in [-0.2, -0.15) is 0 Å². The lowest BCUT2D eigenvalue weighted by Gasteiger charge is -2.22. The van der Waals surface area contributed by atoms with Crippen LogP contribution in [0, 0.1) is 0 Å². The van der Waals surface area contributed by atoms with Crippen molar-refractivity contribution in [3.8, 4) is 5.75 Å². The summed E-state index contributed by atoms with van der Waals surface area (Å²) in [5.74, 6) is 0.375. The van der Waals surface area contributed by atoms with Crippen molar-refractivity contribution in [3.05, 3.63) is 30.3 Å². The van der Waals surface area contributed by atoms with Gasteiger partial charge in [-0.15, -0.1) is 0 Å². The normalized spacial score (nSPS) is 19.9. The SMILES string of the molecule is C[C@@H](C=O)NP(=O)(OCC1OCCO1)Oc1ccccc1. The highest BCUT2D eigenvalue weighted by atomic mass is 31.2. The van der Waals surface area contributed by atoms with Crippen LogP contribution in [-0.4, -0.2) is 38.4 Å². The number of para-hydroxylation sites is 1. The standard InChI is InChI=1S/C13H18NO6P/c1-11(9-15)14-21(16,19-10-13-17-7-8-18-13)20-12-5-3-2-4-6-12/h2-6,9,11,13H,7-8,10H2,1H3,(H,14,16)/t11-,21?/m0/s1. The molecule has 2 atom stereocenters. The molecule has 0 radical (unpaired) electrons. The highest BCUT2D eigenvalue weighted by Gasteiger charge is 2.31. The lowest BCUT2D eigenvalue weighted by Crippen LogP contribution is -2.29. The van der Waals surface area contributed by atoms with Crippen molar-refractivity contribution < 1.29 is 27.9 Å². The molecule has 1 saturated heterocycles. The summed E-state index contributed by atoms with van der Waals surface area (Å²) in [5.41, 5.74) is 0. The Labute approximate surface area is 123 Å². The Morgan fingerprint density at radius 2 is 2.05 bits per heavy atom. The molecule has 116 valence electrons. The molecule has 1 fully saturated rings. The van der Waals surface area contributed by atoms with Gasteiger partial charge in [0.1, 0.15) is 18.6 Å². The second kappa shape index (κ2) is 7.68. The lowest BCUT2D eigenvalue weighted by molar-refractivity contribution is -0.109. The van der Waals surface area contributed by atoms with Crippen LogP contribution in [0.4, 0.5) is 0 Å². The van der Waals surface area contributed by atoms with Crippen molar-refractivity contribution >= 4 is 14.0 Å². The Morgan fingerprint density at radius 3 is 2.67 bits per heavy atom. The number of hydrogen-bond donors (Lipinski definition) is 1. The number of carbonyl (C=O) groups is 1. The molecule has 1 aliphatic heterocycles. The summed E-state index contributed by atoms with van der Waals surface area (Å²) in [6, 6.07) is 7.90. The van der Waals surface area contributed by atoms with Gasteiger partial charge in [0.2, 0.25) is 0 Å². The average Bonchev–Trinajstić information content (AvgIpc) is 2.99. The van der Waals surface area contributed by atoms with Crippen LogP contribution in [0.25, 0.3) is 0 Å². The molecule has 0 aromatic heterocycles. The van der Waals surface area contributed by atoms with Crippen molar-refractivity contribution in [1.29, 1.82) is 0 Å². The highest BCUT2D eigenvalue weighted by molar-refractivity contribution is 7.52. The molecule has 0 aliphatic carbocycles. The Balaban J connectivity index is 2.01. The second-order valence-electron chi connectivity index (χ2n) is 4.42. The van der Waals surface area contributed by atoms with E-state index in [2.05, 4.69) is 5.09 Å². The monoisotopic (exact) mass is 315 g/mol. The molecule has 1 unspecified atom stereocenters. The maximum Gasteiger partial charge on any atom is 0.459 e. The van der Waals surface area contributed by atoms with Gasteiger partial charge in [0.25, 0.3) is 0 Å². The summed E-state index contributed by atoms with van der Waals surface area (Å²) in [6.45, 7) is 2.44. The van der Waals surface area contributed by atoms with E-state index in [0.29, 0.717) is 25.2 Å². The van der Waals surface area contributed by atoms with Gasteiger partial charge < -0.3 is 18.8 Å². The molecule has 1 aromatic rings.